The molecule has 3 fully saturated rings. The lowest BCUT2D eigenvalue weighted by atomic mass is 9.60. The Bertz CT molecular complexity index is 301. The summed E-state index contributed by atoms with van der Waals surface area (Å²) >= 11 is 0. The molecule has 0 heterocycles. The fourth-order valence-corrected chi connectivity index (χ4v) is 4.78. The largest absolute Gasteiger partial charge is 0.380 e. The predicted molar refractivity (Wildman–Crippen MR) is 76.3 cm³/mol. The molecule has 0 aromatic rings. The van der Waals surface area contributed by atoms with Crippen molar-refractivity contribution in [2.75, 3.05) is 13.7 Å². The molecule has 0 saturated heterocycles. The van der Waals surface area contributed by atoms with Crippen LogP contribution in [0.3, 0.4) is 0 Å². The third-order valence-electron chi connectivity index (χ3n) is 5.86. The lowest BCUT2D eigenvalue weighted by molar-refractivity contribution is -0.135. The zero-order valence-corrected chi connectivity index (χ0v) is 12.5. The average Bonchev–Trinajstić information content (AvgIpc) is 3.07. The van der Waals surface area contributed by atoms with Crippen LogP contribution >= 0.6 is 0 Å². The maximum atomic E-state index is 5.99. The molecule has 0 aromatic carbocycles. The molecular weight excluding hydrogens is 238 g/mol. The minimum atomic E-state index is 0.435. The molecule has 19 heavy (non-hydrogen) atoms. The van der Waals surface area contributed by atoms with Crippen LogP contribution in [-0.4, -0.2) is 38.0 Å². The summed E-state index contributed by atoms with van der Waals surface area (Å²) in [4.78, 5) is 0. The molecule has 4 unspecified atom stereocenters. The fraction of sp³-hybridized carbons (Fsp3) is 1.00. The van der Waals surface area contributed by atoms with Gasteiger partial charge in [-0.05, 0) is 45.4 Å². The SMILES string of the molecule is CCOC1CC(NC2CCCC2OC)C12CCCC2. The molecule has 1 spiro atoms. The molecule has 4 atom stereocenters. The lowest BCUT2D eigenvalue weighted by Gasteiger charge is -2.55. The molecule has 0 bridgehead atoms. The summed E-state index contributed by atoms with van der Waals surface area (Å²) in [5, 5.41) is 3.93. The summed E-state index contributed by atoms with van der Waals surface area (Å²) in [6, 6.07) is 1.25. The highest BCUT2D eigenvalue weighted by atomic mass is 16.5. The van der Waals surface area contributed by atoms with Gasteiger partial charge in [-0.2, -0.15) is 0 Å². The standard InChI is InChI=1S/C16H29NO2/c1-3-19-15-11-14(16(15)9-4-5-10-16)17-12-7-6-8-13(12)18-2/h12-15,17H,3-11H2,1-2H3. The molecule has 3 nitrogen and oxygen atoms in total. The quantitative estimate of drug-likeness (QED) is 0.831. The van der Waals surface area contributed by atoms with Crippen molar-refractivity contribution in [1.82, 2.24) is 5.32 Å². The van der Waals surface area contributed by atoms with Crippen LogP contribution in [-0.2, 0) is 9.47 Å². The van der Waals surface area contributed by atoms with Crippen molar-refractivity contribution in [3.05, 3.63) is 0 Å². The topological polar surface area (TPSA) is 30.5 Å². The Labute approximate surface area is 117 Å². The highest BCUT2D eigenvalue weighted by molar-refractivity contribution is 5.11. The Morgan fingerprint density at radius 2 is 1.95 bits per heavy atom. The first-order valence-electron chi connectivity index (χ1n) is 8.20. The van der Waals surface area contributed by atoms with E-state index in [0.717, 1.165) is 6.61 Å². The van der Waals surface area contributed by atoms with E-state index in [9.17, 15) is 0 Å². The molecule has 0 aliphatic heterocycles. The Morgan fingerprint density at radius 3 is 2.63 bits per heavy atom. The number of methoxy groups -OCH3 is 1. The van der Waals surface area contributed by atoms with Gasteiger partial charge in [0.1, 0.15) is 0 Å². The number of ether oxygens (including phenoxy) is 2. The van der Waals surface area contributed by atoms with Crippen LogP contribution in [0.1, 0.15) is 58.3 Å². The van der Waals surface area contributed by atoms with Gasteiger partial charge in [0.15, 0.2) is 0 Å². The van der Waals surface area contributed by atoms with E-state index in [1.165, 1.54) is 51.4 Å². The predicted octanol–water partition coefficient (Wildman–Crippen LogP) is 2.88. The maximum Gasteiger partial charge on any atom is 0.0724 e. The van der Waals surface area contributed by atoms with E-state index in [1.54, 1.807) is 0 Å². The van der Waals surface area contributed by atoms with E-state index in [0.29, 0.717) is 29.7 Å². The molecule has 1 N–H and O–H groups in total. The van der Waals surface area contributed by atoms with Gasteiger partial charge in [-0.1, -0.05) is 12.8 Å². The minimum Gasteiger partial charge on any atom is -0.380 e. The van der Waals surface area contributed by atoms with E-state index in [1.807, 2.05) is 7.11 Å². The monoisotopic (exact) mass is 267 g/mol. The molecule has 0 aromatic heterocycles. The highest BCUT2D eigenvalue weighted by Gasteiger charge is 2.57. The zero-order chi connectivity index (χ0) is 13.3. The summed E-state index contributed by atoms with van der Waals surface area (Å²) in [5.74, 6) is 0. The molecule has 3 heteroatoms. The van der Waals surface area contributed by atoms with Crippen molar-refractivity contribution in [3.8, 4) is 0 Å². The molecular formula is C16H29NO2. The minimum absolute atomic E-state index is 0.435. The van der Waals surface area contributed by atoms with Crippen LogP contribution in [0.15, 0.2) is 0 Å². The van der Waals surface area contributed by atoms with Gasteiger partial charge in [-0.15, -0.1) is 0 Å². The molecule has 3 aliphatic rings. The lowest BCUT2D eigenvalue weighted by Crippen LogP contribution is -2.65. The zero-order valence-electron chi connectivity index (χ0n) is 12.5. The number of rotatable bonds is 5. The molecule has 110 valence electrons. The van der Waals surface area contributed by atoms with Crippen molar-refractivity contribution < 1.29 is 9.47 Å². The Kier molecular flexibility index (Phi) is 4.16. The molecule has 3 rings (SSSR count). The first kappa shape index (κ1) is 13.8. The van der Waals surface area contributed by atoms with Gasteiger partial charge in [-0.3, -0.25) is 0 Å². The Morgan fingerprint density at radius 1 is 1.16 bits per heavy atom. The van der Waals surface area contributed by atoms with Crippen LogP contribution in [0.25, 0.3) is 0 Å². The summed E-state index contributed by atoms with van der Waals surface area (Å²) in [6.07, 6.45) is 11.5. The van der Waals surface area contributed by atoms with Crippen molar-refractivity contribution in [2.24, 2.45) is 5.41 Å². The third kappa shape index (κ3) is 2.34. The summed E-state index contributed by atoms with van der Waals surface area (Å²) < 4.78 is 11.6. The van der Waals surface area contributed by atoms with Crippen molar-refractivity contribution >= 4 is 0 Å². The maximum absolute atomic E-state index is 5.99. The van der Waals surface area contributed by atoms with Gasteiger partial charge in [0.25, 0.3) is 0 Å². The van der Waals surface area contributed by atoms with Gasteiger partial charge in [0.05, 0.1) is 12.2 Å². The average molecular weight is 267 g/mol. The summed E-state index contributed by atoms with van der Waals surface area (Å²) in [7, 11) is 1.86. The first-order chi connectivity index (χ1) is 9.30. The Hall–Kier alpha value is -0.120. The first-order valence-corrected chi connectivity index (χ1v) is 8.20. The fourth-order valence-electron chi connectivity index (χ4n) is 4.78. The van der Waals surface area contributed by atoms with Crippen LogP contribution < -0.4 is 5.32 Å². The second-order valence-electron chi connectivity index (χ2n) is 6.65. The van der Waals surface area contributed by atoms with E-state index in [2.05, 4.69) is 12.2 Å². The normalized spacial score (nSPS) is 40.7. The van der Waals surface area contributed by atoms with Crippen LogP contribution in [0.2, 0.25) is 0 Å². The van der Waals surface area contributed by atoms with E-state index >= 15 is 0 Å². The van der Waals surface area contributed by atoms with Gasteiger partial charge in [0, 0.05) is 31.2 Å². The van der Waals surface area contributed by atoms with Crippen molar-refractivity contribution in [2.45, 2.75) is 82.6 Å². The smallest absolute Gasteiger partial charge is 0.0724 e. The third-order valence-corrected chi connectivity index (χ3v) is 5.86. The second-order valence-corrected chi connectivity index (χ2v) is 6.65. The number of hydrogen-bond donors (Lipinski definition) is 1. The van der Waals surface area contributed by atoms with Crippen molar-refractivity contribution in [3.63, 3.8) is 0 Å². The van der Waals surface area contributed by atoms with E-state index < -0.39 is 0 Å². The number of hydrogen-bond acceptors (Lipinski definition) is 3. The van der Waals surface area contributed by atoms with Crippen LogP contribution in [0, 0.1) is 5.41 Å². The van der Waals surface area contributed by atoms with Crippen LogP contribution in [0.5, 0.6) is 0 Å². The van der Waals surface area contributed by atoms with Gasteiger partial charge < -0.3 is 14.8 Å². The Balaban J connectivity index is 1.62. The summed E-state index contributed by atoms with van der Waals surface area (Å²) in [6.45, 7) is 2.99. The number of nitrogens with one attached hydrogen (secondary N) is 1. The van der Waals surface area contributed by atoms with Crippen LogP contribution in [0.4, 0.5) is 0 Å². The second kappa shape index (κ2) is 5.71. The molecule has 0 radical (unpaired) electrons. The van der Waals surface area contributed by atoms with Crippen molar-refractivity contribution in [1.29, 1.82) is 0 Å². The van der Waals surface area contributed by atoms with Gasteiger partial charge in [-0.25, -0.2) is 0 Å². The highest BCUT2D eigenvalue weighted by Crippen LogP contribution is 2.55. The molecule has 0 amide bonds. The van der Waals surface area contributed by atoms with E-state index in [-0.39, 0.29) is 0 Å². The molecule has 3 saturated carbocycles. The van der Waals surface area contributed by atoms with Gasteiger partial charge >= 0.3 is 0 Å². The molecule has 3 aliphatic carbocycles. The summed E-state index contributed by atoms with van der Waals surface area (Å²) in [5.41, 5.74) is 0.455. The van der Waals surface area contributed by atoms with E-state index in [4.69, 9.17) is 9.47 Å². The van der Waals surface area contributed by atoms with Gasteiger partial charge in [0.2, 0.25) is 0 Å².